The second kappa shape index (κ2) is 12.0. The second-order valence-corrected chi connectivity index (χ2v) is 7.87. The van der Waals surface area contributed by atoms with E-state index in [1.807, 2.05) is 25.1 Å². The first-order valence-corrected chi connectivity index (χ1v) is 11.1. The first-order valence-electron chi connectivity index (χ1n) is 10.3. The topological polar surface area (TPSA) is 80.6 Å². The molecule has 0 saturated carbocycles. The molecule has 0 aliphatic rings. The average molecular weight is 497 g/mol. The zero-order valence-corrected chi connectivity index (χ0v) is 20.1. The molecular weight excluding hydrogens is 475 g/mol. The largest absolute Gasteiger partial charge is 0.494 e. The number of hydrogen-bond donors (Lipinski definition) is 1. The summed E-state index contributed by atoms with van der Waals surface area (Å²) in [6.45, 7) is 2.69. The fourth-order valence-electron chi connectivity index (χ4n) is 3.01. The van der Waals surface area contributed by atoms with Gasteiger partial charge in [0.1, 0.15) is 24.0 Å². The summed E-state index contributed by atoms with van der Waals surface area (Å²) in [6, 6.07) is 19.3. The summed E-state index contributed by atoms with van der Waals surface area (Å²) in [5.41, 5.74) is 1.86. The van der Waals surface area contributed by atoms with Gasteiger partial charge in [0.05, 0.1) is 18.7 Å². The van der Waals surface area contributed by atoms with Crippen molar-refractivity contribution < 1.29 is 19.0 Å². The maximum atomic E-state index is 12.6. The summed E-state index contributed by atoms with van der Waals surface area (Å²) in [4.78, 5) is 12.6. The Bertz CT molecular complexity index is 1220. The van der Waals surface area contributed by atoms with Crippen LogP contribution in [0.1, 0.15) is 18.1 Å². The van der Waals surface area contributed by atoms with Gasteiger partial charge < -0.3 is 19.5 Å². The van der Waals surface area contributed by atoms with Gasteiger partial charge >= 0.3 is 0 Å². The fourth-order valence-corrected chi connectivity index (χ4v) is 3.41. The van der Waals surface area contributed by atoms with Gasteiger partial charge in [-0.05, 0) is 72.7 Å². The fraction of sp³-hybridized carbons (Fsp3) is 0.154. The molecule has 0 aliphatic heterocycles. The summed E-state index contributed by atoms with van der Waals surface area (Å²) in [6.07, 6.45) is 1.43. The van der Waals surface area contributed by atoms with E-state index < -0.39 is 5.91 Å². The maximum Gasteiger partial charge on any atom is 0.266 e. The van der Waals surface area contributed by atoms with E-state index in [0.29, 0.717) is 40.1 Å². The zero-order chi connectivity index (χ0) is 24.5. The van der Waals surface area contributed by atoms with Crippen LogP contribution in [0.4, 0.5) is 5.69 Å². The Hall–Kier alpha value is -3.66. The maximum absolute atomic E-state index is 12.6. The van der Waals surface area contributed by atoms with E-state index in [1.165, 1.54) is 13.2 Å². The number of ether oxygens (including phenoxy) is 3. The van der Waals surface area contributed by atoms with E-state index in [2.05, 4.69) is 5.32 Å². The first kappa shape index (κ1) is 25.0. The minimum atomic E-state index is -0.551. The van der Waals surface area contributed by atoms with Crippen LogP contribution in [-0.4, -0.2) is 19.6 Å². The third-order valence-electron chi connectivity index (χ3n) is 4.65. The number of methoxy groups -OCH3 is 1. The molecule has 1 amide bonds. The van der Waals surface area contributed by atoms with Crippen LogP contribution in [0.25, 0.3) is 6.08 Å². The van der Waals surface area contributed by atoms with Crippen molar-refractivity contribution in [3.05, 3.63) is 87.4 Å². The molecule has 0 bridgehead atoms. The standard InChI is InChI=1S/C26H22Cl2N2O4/c1-3-33-22-10-8-21(9-11-22)30-26(31)19(15-29)12-18-13-23(28)25(24(14-18)32-2)34-16-17-4-6-20(27)7-5-17/h4-14H,3,16H2,1-2H3,(H,30,31)/b19-12-. The van der Waals surface area contributed by atoms with E-state index in [9.17, 15) is 10.1 Å². The van der Waals surface area contributed by atoms with E-state index in [-0.39, 0.29) is 17.2 Å². The van der Waals surface area contributed by atoms with Crippen LogP contribution >= 0.6 is 23.2 Å². The summed E-state index contributed by atoms with van der Waals surface area (Å²) in [5.74, 6) is 0.868. The molecule has 174 valence electrons. The molecule has 0 atom stereocenters. The molecule has 0 heterocycles. The van der Waals surface area contributed by atoms with Gasteiger partial charge in [0.15, 0.2) is 11.5 Å². The van der Waals surface area contributed by atoms with Crippen LogP contribution in [0, 0.1) is 11.3 Å². The third-order valence-corrected chi connectivity index (χ3v) is 5.18. The number of hydrogen-bond acceptors (Lipinski definition) is 5. The van der Waals surface area contributed by atoms with Gasteiger partial charge in [0.25, 0.3) is 5.91 Å². The summed E-state index contributed by atoms with van der Waals surface area (Å²) in [5, 5.41) is 13.1. The van der Waals surface area contributed by atoms with Crippen molar-refractivity contribution in [1.29, 1.82) is 5.26 Å². The normalized spacial score (nSPS) is 10.9. The van der Waals surface area contributed by atoms with Gasteiger partial charge in [0.2, 0.25) is 0 Å². The Morgan fingerprint density at radius 3 is 2.38 bits per heavy atom. The Morgan fingerprint density at radius 1 is 1.06 bits per heavy atom. The van der Waals surface area contributed by atoms with Crippen molar-refractivity contribution in [2.45, 2.75) is 13.5 Å². The predicted octanol–water partition coefficient (Wildman–Crippen LogP) is 6.53. The quantitative estimate of drug-likeness (QED) is 0.269. The van der Waals surface area contributed by atoms with Crippen LogP contribution in [0.5, 0.6) is 17.2 Å². The van der Waals surface area contributed by atoms with E-state index in [0.717, 1.165) is 5.56 Å². The molecule has 1 N–H and O–H groups in total. The number of amides is 1. The lowest BCUT2D eigenvalue weighted by Crippen LogP contribution is -2.13. The highest BCUT2D eigenvalue weighted by Crippen LogP contribution is 2.37. The Labute approximate surface area is 208 Å². The average Bonchev–Trinajstić information content (AvgIpc) is 2.84. The monoisotopic (exact) mass is 496 g/mol. The molecule has 0 unspecified atom stereocenters. The zero-order valence-electron chi connectivity index (χ0n) is 18.6. The highest BCUT2D eigenvalue weighted by atomic mass is 35.5. The van der Waals surface area contributed by atoms with Crippen LogP contribution in [0.3, 0.4) is 0 Å². The number of carbonyl (C=O) groups is 1. The molecule has 6 nitrogen and oxygen atoms in total. The molecule has 8 heteroatoms. The van der Waals surface area contributed by atoms with Crippen molar-refractivity contribution in [3.63, 3.8) is 0 Å². The number of carbonyl (C=O) groups excluding carboxylic acids is 1. The van der Waals surface area contributed by atoms with Gasteiger partial charge in [-0.15, -0.1) is 0 Å². The highest BCUT2D eigenvalue weighted by Gasteiger charge is 2.15. The van der Waals surface area contributed by atoms with Gasteiger partial charge in [0, 0.05) is 10.7 Å². The van der Waals surface area contributed by atoms with Crippen molar-refractivity contribution >= 4 is 40.9 Å². The second-order valence-electron chi connectivity index (χ2n) is 7.03. The van der Waals surface area contributed by atoms with Crippen LogP contribution in [-0.2, 0) is 11.4 Å². The lowest BCUT2D eigenvalue weighted by Gasteiger charge is -2.14. The van der Waals surface area contributed by atoms with E-state index in [4.69, 9.17) is 37.4 Å². The third kappa shape index (κ3) is 6.67. The number of nitrogens with zero attached hydrogens (tertiary/aromatic N) is 1. The Morgan fingerprint density at radius 2 is 1.76 bits per heavy atom. The number of rotatable bonds is 9. The molecule has 3 aromatic rings. The van der Waals surface area contributed by atoms with Crippen LogP contribution in [0.15, 0.2) is 66.2 Å². The van der Waals surface area contributed by atoms with Crippen molar-refractivity contribution in [1.82, 2.24) is 0 Å². The van der Waals surface area contributed by atoms with Crippen LogP contribution < -0.4 is 19.5 Å². The molecule has 0 spiro atoms. The highest BCUT2D eigenvalue weighted by molar-refractivity contribution is 6.32. The van der Waals surface area contributed by atoms with Gasteiger partial charge in [-0.3, -0.25) is 4.79 Å². The minimum Gasteiger partial charge on any atom is -0.494 e. The summed E-state index contributed by atoms with van der Waals surface area (Å²) >= 11 is 12.3. The number of nitriles is 1. The Kier molecular flexibility index (Phi) is 8.80. The molecule has 3 rings (SSSR count). The minimum absolute atomic E-state index is 0.0955. The van der Waals surface area contributed by atoms with Crippen molar-refractivity contribution in [2.75, 3.05) is 19.0 Å². The lowest BCUT2D eigenvalue weighted by atomic mass is 10.1. The lowest BCUT2D eigenvalue weighted by molar-refractivity contribution is -0.112. The number of anilines is 1. The summed E-state index contributed by atoms with van der Waals surface area (Å²) in [7, 11) is 1.48. The number of nitrogens with one attached hydrogen (secondary N) is 1. The van der Waals surface area contributed by atoms with Gasteiger partial charge in [-0.25, -0.2) is 0 Å². The van der Waals surface area contributed by atoms with Crippen molar-refractivity contribution in [3.8, 4) is 23.3 Å². The van der Waals surface area contributed by atoms with Crippen LogP contribution in [0.2, 0.25) is 10.0 Å². The molecule has 3 aromatic carbocycles. The number of benzene rings is 3. The molecule has 0 radical (unpaired) electrons. The smallest absolute Gasteiger partial charge is 0.266 e. The number of halogens is 2. The molecule has 0 fully saturated rings. The predicted molar refractivity (Wildman–Crippen MR) is 134 cm³/mol. The SMILES string of the molecule is CCOc1ccc(NC(=O)/C(C#N)=C\c2cc(Cl)c(OCc3ccc(Cl)cc3)c(OC)c2)cc1. The van der Waals surface area contributed by atoms with Gasteiger partial charge in [-0.2, -0.15) is 5.26 Å². The summed E-state index contributed by atoms with van der Waals surface area (Å²) < 4.78 is 16.7. The molecule has 0 aromatic heterocycles. The molecule has 34 heavy (non-hydrogen) atoms. The van der Waals surface area contributed by atoms with E-state index >= 15 is 0 Å². The molecular formula is C26H22Cl2N2O4. The van der Waals surface area contributed by atoms with Crippen molar-refractivity contribution in [2.24, 2.45) is 0 Å². The van der Waals surface area contributed by atoms with Gasteiger partial charge in [-0.1, -0.05) is 35.3 Å². The van der Waals surface area contributed by atoms with E-state index in [1.54, 1.807) is 48.5 Å². The first-order chi connectivity index (χ1) is 16.4. The molecule has 0 saturated heterocycles. The molecule has 0 aliphatic carbocycles. The Balaban J connectivity index is 1.77.